The standard InChI is InChI=1S/C51H79NO13.C10H16N2O3S/c1-30-16-12-11-13-17-31(2)42(61-8)28-38-21-19-36(7)51(60,65-38)48(57)49(58)52-23-15-14-18-39(52)50(59)64-43(33(4)26-37-20-22-40(53)44(27-37)62-9)29-41(54)32(3)25-35(6)46(56)47(63-10)45(55)34(5)24-30;13-8(14)4-2-1-3-7-9-6(5-16-7)11-10(15)12-9/h11-13,16-17,25,30,32-34,36-40,42-44,46-47,53,56,60H,14-15,18-24,26-29H2,1-10H3;6-7,9H,1-5H2,(H,13,14)(H2,11,12,15)/b13-11+,16-12+,31-17+,35-25+;/t30-,32-,33-,34-,36-,37+,38+,39+,40-,42+,43+,44-,46-,47+,51-;6-,7-,9-/m10/s1. The summed E-state index contributed by atoms with van der Waals surface area (Å²) < 4.78 is 29.4. The first-order valence-corrected chi connectivity index (χ1v) is 30.5. The van der Waals surface area contributed by atoms with E-state index in [1.54, 1.807) is 41.1 Å². The van der Waals surface area contributed by atoms with Crippen LogP contribution in [0.1, 0.15) is 151 Å². The van der Waals surface area contributed by atoms with Crippen molar-refractivity contribution in [2.75, 3.05) is 33.6 Å². The van der Waals surface area contributed by atoms with Gasteiger partial charge in [-0.05, 0) is 120 Å². The lowest BCUT2D eigenvalue weighted by molar-refractivity contribution is -0.265. The van der Waals surface area contributed by atoms with Crippen LogP contribution in [0.15, 0.2) is 47.6 Å². The Hall–Kier alpha value is -4.28. The molecule has 19 nitrogen and oxygen atoms in total. The number of unbranched alkanes of at least 4 members (excludes halogenated alkanes) is 1. The van der Waals surface area contributed by atoms with Gasteiger partial charge in [-0.2, -0.15) is 11.8 Å². The van der Waals surface area contributed by atoms with Crippen LogP contribution < -0.4 is 10.6 Å². The van der Waals surface area contributed by atoms with Gasteiger partial charge in [-0.25, -0.2) is 9.59 Å². The predicted octanol–water partition coefficient (Wildman–Crippen LogP) is 6.98. The second kappa shape index (κ2) is 32.1. The molecule has 81 heavy (non-hydrogen) atoms. The molecule has 0 unspecified atom stereocenters. The third-order valence-electron chi connectivity index (χ3n) is 17.5. The van der Waals surface area contributed by atoms with E-state index in [2.05, 4.69) is 10.6 Å². The lowest BCUT2D eigenvalue weighted by Crippen LogP contribution is -2.61. The third-order valence-corrected chi connectivity index (χ3v) is 19.1. The number of aliphatic hydroxyl groups is 3. The largest absolute Gasteiger partial charge is 0.481 e. The predicted molar refractivity (Wildman–Crippen MR) is 307 cm³/mol. The molecule has 5 heterocycles. The van der Waals surface area contributed by atoms with Crippen molar-refractivity contribution in [3.63, 3.8) is 0 Å². The molecule has 4 saturated heterocycles. The Kier molecular flexibility index (Phi) is 26.8. The smallest absolute Gasteiger partial charge is 0.329 e. The van der Waals surface area contributed by atoms with E-state index in [4.69, 9.17) is 28.8 Å². The van der Waals surface area contributed by atoms with Crippen molar-refractivity contribution in [2.45, 2.75) is 223 Å². The summed E-state index contributed by atoms with van der Waals surface area (Å²) in [5, 5.41) is 48.6. The minimum absolute atomic E-state index is 0.0193. The number of hydrogen-bond acceptors (Lipinski definition) is 16. The molecule has 6 N–H and O–H groups in total. The monoisotopic (exact) mass is 1160 g/mol. The van der Waals surface area contributed by atoms with E-state index in [1.165, 1.54) is 12.0 Å². The molecule has 5 fully saturated rings. The van der Waals surface area contributed by atoms with Gasteiger partial charge in [0.05, 0.1) is 36.5 Å². The van der Waals surface area contributed by atoms with Crippen molar-refractivity contribution in [3.8, 4) is 0 Å². The van der Waals surface area contributed by atoms with Gasteiger partial charge in [0.25, 0.3) is 11.7 Å². The van der Waals surface area contributed by atoms with Crippen LogP contribution in [0.5, 0.6) is 0 Å². The summed E-state index contributed by atoms with van der Waals surface area (Å²) in [6, 6.07) is -0.700. The number of methoxy groups -OCH3 is 3. The maximum atomic E-state index is 14.4. The van der Waals surface area contributed by atoms with Gasteiger partial charge in [0.15, 0.2) is 5.78 Å². The molecule has 0 aromatic heterocycles. The number of allylic oxidation sites excluding steroid dienone is 6. The zero-order valence-corrected chi connectivity index (χ0v) is 50.4. The number of Topliss-reactive ketones (excluding diaryl/α,β-unsaturated/α-hetero) is 3. The number of ether oxygens (including phenoxy) is 5. The van der Waals surface area contributed by atoms with Gasteiger partial charge < -0.3 is 59.6 Å². The lowest BCUT2D eigenvalue weighted by atomic mass is 9.78. The fourth-order valence-corrected chi connectivity index (χ4v) is 13.9. The van der Waals surface area contributed by atoms with Crippen molar-refractivity contribution in [1.82, 2.24) is 15.5 Å². The van der Waals surface area contributed by atoms with E-state index in [0.717, 1.165) is 37.0 Å². The number of carbonyl (C=O) groups excluding carboxylic acids is 6. The molecule has 18 atom stereocenters. The molecule has 0 radical (unpaired) electrons. The summed E-state index contributed by atoms with van der Waals surface area (Å²) >= 11 is 1.87. The molecule has 1 aliphatic carbocycles. The molecule has 0 spiro atoms. The minimum Gasteiger partial charge on any atom is -0.481 e. The van der Waals surface area contributed by atoms with Gasteiger partial charge in [0.2, 0.25) is 5.79 Å². The van der Waals surface area contributed by atoms with Gasteiger partial charge in [-0.1, -0.05) is 77.5 Å². The highest BCUT2D eigenvalue weighted by atomic mass is 32.2. The van der Waals surface area contributed by atoms with E-state index in [1.807, 2.05) is 69.8 Å². The second-order valence-electron chi connectivity index (χ2n) is 23.9. The third kappa shape index (κ3) is 18.9. The van der Waals surface area contributed by atoms with Crippen LogP contribution in [0.2, 0.25) is 0 Å². The maximum absolute atomic E-state index is 14.4. The lowest BCUT2D eigenvalue weighted by Gasteiger charge is -2.42. The Morgan fingerprint density at radius 2 is 1.62 bits per heavy atom. The number of piperidine rings is 1. The Balaban J connectivity index is 0.000000639. The minimum atomic E-state index is -2.43. The first-order valence-electron chi connectivity index (χ1n) is 29.5. The highest BCUT2D eigenvalue weighted by Gasteiger charge is 2.53. The van der Waals surface area contributed by atoms with Gasteiger partial charge in [-0.3, -0.25) is 24.0 Å². The molecule has 0 aromatic rings. The maximum Gasteiger partial charge on any atom is 0.329 e. The van der Waals surface area contributed by atoms with E-state index in [9.17, 15) is 48.9 Å². The van der Waals surface area contributed by atoms with Gasteiger partial charge in [0, 0.05) is 75.9 Å². The number of carbonyl (C=O) groups is 7. The number of fused-ring (bicyclic) bond motifs is 4. The number of aliphatic hydroxyl groups excluding tert-OH is 2. The van der Waals surface area contributed by atoms with Crippen LogP contribution in [-0.4, -0.2) is 172 Å². The second-order valence-corrected chi connectivity index (χ2v) is 25.1. The van der Waals surface area contributed by atoms with Crippen LogP contribution in [0.25, 0.3) is 0 Å². The van der Waals surface area contributed by atoms with Gasteiger partial charge >= 0.3 is 18.0 Å². The number of amides is 3. The number of hydrogen-bond donors (Lipinski definition) is 6. The van der Waals surface area contributed by atoms with Crippen LogP contribution in [0.3, 0.4) is 0 Å². The molecule has 2 bridgehead atoms. The zero-order valence-electron chi connectivity index (χ0n) is 49.6. The fourth-order valence-electron chi connectivity index (χ4n) is 12.4. The number of carboxylic acids is 1. The Labute approximate surface area is 484 Å². The van der Waals surface area contributed by atoms with Crippen LogP contribution >= 0.6 is 11.8 Å². The first-order chi connectivity index (χ1) is 38.4. The number of esters is 1. The van der Waals surface area contributed by atoms with Crippen LogP contribution in [-0.2, 0) is 52.5 Å². The molecule has 6 rings (SSSR count). The highest BCUT2D eigenvalue weighted by molar-refractivity contribution is 8.00. The number of aliphatic carboxylic acids is 1. The fraction of sp³-hybridized carbons (Fsp3) is 0.754. The zero-order chi connectivity index (χ0) is 59.7. The SMILES string of the molecule is CO[C@H]1C[C@@H]2CC[C@@H](C)[C@@](O)(O2)C(=O)C(=O)N2CCCC[C@H]2C(=O)O[C@H]([C@H](C)C[C@@H]2CC[C@@H](O)[C@H](OC)C2)CC(=O)[C@H](C)/C=C(\C)[C@@H](O)[C@@H](OC)C(=O)[C@H](C)C[C@H](C)/C=C/C=C/C=C/1C.O=C(O)CCCC[C@@H]1SC[C@@H]2NC(=O)N[C@@H]21. The number of nitrogens with one attached hydrogen (secondary N) is 2. The number of thioether (sulfide) groups is 1. The molecular weight excluding hydrogens is 1060 g/mol. The summed E-state index contributed by atoms with van der Waals surface area (Å²) in [7, 11) is 4.52. The highest BCUT2D eigenvalue weighted by Crippen LogP contribution is 2.38. The van der Waals surface area contributed by atoms with Gasteiger partial charge in [0.1, 0.15) is 30.1 Å². The Bertz CT molecular complexity index is 2270. The van der Waals surface area contributed by atoms with Crippen LogP contribution in [0, 0.1) is 35.5 Å². The molecule has 0 aromatic carbocycles. The molecule has 3 amide bonds. The summed E-state index contributed by atoms with van der Waals surface area (Å²) in [6.45, 7) is 12.7. The van der Waals surface area contributed by atoms with E-state index in [-0.39, 0.29) is 79.3 Å². The molecular formula is C61H95N3O16S. The quantitative estimate of drug-likeness (QED) is 0.0400. The summed E-state index contributed by atoms with van der Waals surface area (Å²) in [5.41, 5.74) is 1.27. The average molecular weight is 1160 g/mol. The topological polar surface area (TPSA) is 274 Å². The van der Waals surface area contributed by atoms with Crippen LogP contribution in [0.4, 0.5) is 4.79 Å². The Morgan fingerprint density at radius 3 is 2.31 bits per heavy atom. The van der Waals surface area contributed by atoms with Crippen molar-refractivity contribution in [1.29, 1.82) is 0 Å². The number of nitrogens with zero attached hydrogens (tertiary/aromatic N) is 1. The number of cyclic esters (lactones) is 1. The number of ketones is 3. The van der Waals surface area contributed by atoms with Crippen molar-refractivity contribution in [3.05, 3.63) is 47.6 Å². The average Bonchev–Trinajstić information content (AvgIpc) is 4.01. The Morgan fingerprint density at radius 1 is 0.877 bits per heavy atom. The molecule has 6 aliphatic rings. The van der Waals surface area contributed by atoms with Crippen molar-refractivity contribution >= 4 is 53.0 Å². The van der Waals surface area contributed by atoms with E-state index in [0.29, 0.717) is 68.6 Å². The molecule has 456 valence electrons. The van der Waals surface area contributed by atoms with E-state index >= 15 is 0 Å². The summed E-state index contributed by atoms with van der Waals surface area (Å²) in [6.07, 6.45) is 14.1. The van der Waals surface area contributed by atoms with Gasteiger partial charge in [-0.15, -0.1) is 0 Å². The summed E-state index contributed by atoms with van der Waals surface area (Å²) in [4.78, 5) is 93.2. The molecule has 20 heteroatoms. The van der Waals surface area contributed by atoms with Crippen molar-refractivity contribution < 1.29 is 77.7 Å². The van der Waals surface area contributed by atoms with E-state index < -0.39 is 89.8 Å². The number of rotatable bonds is 11. The number of urea groups is 1. The first kappa shape index (κ1) is 67.5. The normalized spacial score (nSPS) is 38.8. The molecule has 1 saturated carbocycles. The molecule has 5 aliphatic heterocycles. The number of carboxylic acid groups (broad SMARTS) is 1. The summed E-state index contributed by atoms with van der Waals surface area (Å²) in [5.74, 6) is -7.72. The van der Waals surface area contributed by atoms with Crippen molar-refractivity contribution in [2.24, 2.45) is 35.5 Å².